The maximum Gasteiger partial charge on any atom is 0.0931 e. The third-order valence-corrected chi connectivity index (χ3v) is 13.9. The number of aryl methyl sites for hydroxylation is 2. The molecule has 39 heavy (non-hydrogen) atoms. The van der Waals surface area contributed by atoms with Crippen LogP contribution in [-0.4, -0.2) is 8.07 Å². The number of benzene rings is 4. The summed E-state index contributed by atoms with van der Waals surface area (Å²) in [6.45, 7) is 19.1. The van der Waals surface area contributed by atoms with Crippen LogP contribution in [0.1, 0.15) is 63.9 Å². The average Bonchev–Trinajstić information content (AvgIpc) is 3.43. The first kappa shape index (κ1) is 25.8. The summed E-state index contributed by atoms with van der Waals surface area (Å²) < 4.78 is 0. The van der Waals surface area contributed by atoms with E-state index in [4.69, 9.17) is 0 Å². The molecule has 1 unspecified atom stereocenters. The van der Waals surface area contributed by atoms with E-state index in [0.29, 0.717) is 5.54 Å². The first-order chi connectivity index (χ1) is 18.6. The molecule has 0 fully saturated rings. The van der Waals surface area contributed by atoms with Crippen LogP contribution in [0.5, 0.6) is 0 Å². The van der Waals surface area contributed by atoms with Crippen LogP contribution in [0.2, 0.25) is 13.1 Å². The van der Waals surface area contributed by atoms with Crippen LogP contribution in [0.3, 0.4) is 0 Å². The second-order valence-electron chi connectivity index (χ2n) is 12.5. The van der Waals surface area contributed by atoms with Gasteiger partial charge in [0.25, 0.3) is 0 Å². The van der Waals surface area contributed by atoms with Gasteiger partial charge in [0.05, 0.1) is 8.07 Å². The molecule has 0 amide bonds. The zero-order valence-corrected chi connectivity index (χ0v) is 25.8. The minimum Gasteiger partial charge on any atom is -0.0690 e. The van der Waals surface area contributed by atoms with Crippen molar-refractivity contribution in [3.8, 4) is 22.3 Å². The van der Waals surface area contributed by atoms with Gasteiger partial charge in [-0.25, -0.2) is 0 Å². The maximum absolute atomic E-state index is 2.64. The van der Waals surface area contributed by atoms with Crippen LogP contribution < -0.4 is 0 Å². The van der Waals surface area contributed by atoms with Gasteiger partial charge in [0.2, 0.25) is 0 Å². The van der Waals surface area contributed by atoms with Crippen LogP contribution in [0.15, 0.2) is 83.9 Å². The van der Waals surface area contributed by atoms with Gasteiger partial charge in [0.15, 0.2) is 0 Å². The molecule has 0 saturated carbocycles. The zero-order chi connectivity index (χ0) is 27.6. The molecule has 0 radical (unpaired) electrons. The Morgan fingerprint density at radius 3 is 1.82 bits per heavy atom. The summed E-state index contributed by atoms with van der Waals surface area (Å²) in [5, 5.41) is 1.68. The number of hydrogen-bond acceptors (Lipinski definition) is 0. The van der Waals surface area contributed by atoms with E-state index in [9.17, 15) is 0 Å². The first-order valence-corrected chi connectivity index (χ1v) is 17.5. The van der Waals surface area contributed by atoms with Crippen molar-refractivity contribution in [3.05, 3.63) is 128 Å². The topological polar surface area (TPSA) is 0 Å². The van der Waals surface area contributed by atoms with Gasteiger partial charge < -0.3 is 0 Å². The molecule has 0 bridgehead atoms. The molecule has 0 nitrogen and oxygen atoms in total. The van der Waals surface area contributed by atoms with Crippen molar-refractivity contribution in [1.82, 2.24) is 0 Å². The van der Waals surface area contributed by atoms with E-state index in [0.717, 1.165) is 6.42 Å². The molecule has 4 aromatic carbocycles. The summed E-state index contributed by atoms with van der Waals surface area (Å²) in [6.07, 6.45) is 3.55. The Hall–Kier alpha value is -3.42. The van der Waals surface area contributed by atoms with Crippen LogP contribution in [-0.2, 0) is 6.42 Å². The second kappa shape index (κ2) is 9.35. The fourth-order valence-electron chi connectivity index (χ4n) is 7.71. The van der Waals surface area contributed by atoms with Crippen LogP contribution >= 0.6 is 0 Å². The number of allylic oxidation sites excluding steroid dienone is 2. The summed E-state index contributed by atoms with van der Waals surface area (Å²) in [7, 11) is -2.05. The fourth-order valence-corrected chi connectivity index (χ4v) is 12.4. The van der Waals surface area contributed by atoms with Crippen molar-refractivity contribution in [2.75, 3.05) is 0 Å². The molecule has 1 heteroatoms. The third kappa shape index (κ3) is 3.93. The highest BCUT2D eigenvalue weighted by Crippen LogP contribution is 2.54. The second-order valence-corrected chi connectivity index (χ2v) is 17.0. The molecule has 0 heterocycles. The highest BCUT2D eigenvalue weighted by Gasteiger charge is 2.45. The first-order valence-electron chi connectivity index (χ1n) is 14.4. The molecular weight excluding hydrogens is 485 g/mol. The molecule has 196 valence electrons. The summed E-state index contributed by atoms with van der Waals surface area (Å²) in [5.41, 5.74) is 20.7. The van der Waals surface area contributed by atoms with E-state index in [1.165, 1.54) is 66.8 Å². The Labute approximate surface area is 236 Å². The van der Waals surface area contributed by atoms with Crippen molar-refractivity contribution >= 4 is 19.3 Å². The van der Waals surface area contributed by atoms with Crippen molar-refractivity contribution in [2.24, 2.45) is 0 Å². The molecule has 4 aromatic rings. The zero-order valence-electron chi connectivity index (χ0n) is 24.8. The summed E-state index contributed by atoms with van der Waals surface area (Å²) in [6, 6.07) is 27.5. The molecule has 2 aliphatic rings. The maximum atomic E-state index is 2.64. The fraction of sp³-hybridized carbons (Fsp3) is 0.263. The van der Waals surface area contributed by atoms with Gasteiger partial charge >= 0.3 is 0 Å². The van der Waals surface area contributed by atoms with E-state index in [-0.39, 0.29) is 0 Å². The summed E-state index contributed by atoms with van der Waals surface area (Å²) in [4.78, 5) is 0. The molecule has 0 aliphatic heterocycles. The minimum atomic E-state index is -2.05. The van der Waals surface area contributed by atoms with Gasteiger partial charge in [-0.1, -0.05) is 108 Å². The minimum absolute atomic E-state index is 0.450. The van der Waals surface area contributed by atoms with Gasteiger partial charge in [-0.2, -0.15) is 0 Å². The normalized spacial score (nSPS) is 16.4. The van der Waals surface area contributed by atoms with Crippen molar-refractivity contribution in [1.29, 1.82) is 0 Å². The number of hydrogen-bond donors (Lipinski definition) is 0. The van der Waals surface area contributed by atoms with Gasteiger partial charge in [0, 0.05) is 5.54 Å². The van der Waals surface area contributed by atoms with Gasteiger partial charge in [0.1, 0.15) is 0 Å². The largest absolute Gasteiger partial charge is 0.0931 e. The van der Waals surface area contributed by atoms with Crippen molar-refractivity contribution in [3.63, 3.8) is 0 Å². The predicted octanol–water partition coefficient (Wildman–Crippen LogP) is 10.6. The molecule has 0 aromatic heterocycles. The van der Waals surface area contributed by atoms with Gasteiger partial charge in [-0.05, 0) is 115 Å². The van der Waals surface area contributed by atoms with E-state index in [1.54, 1.807) is 16.3 Å². The SMILES string of the molecule is CC1=Cc2cccc(-c3cccc(C)c3C)c2C1[Si](C)(C)C1=C(C)Cc2cccc(-c3cccc(C)c3C)c21. The number of fused-ring (bicyclic) bond motifs is 2. The lowest BCUT2D eigenvalue weighted by Crippen LogP contribution is -2.37. The Kier molecular flexibility index (Phi) is 6.19. The molecule has 1 atom stereocenters. The lowest BCUT2D eigenvalue weighted by atomic mass is 9.91. The molecule has 2 aliphatic carbocycles. The summed E-state index contributed by atoms with van der Waals surface area (Å²) in [5.74, 6) is 0. The standard InChI is InChI=1S/C38H40Si/c1-23-13-9-17-31(27(23)5)33-19-11-15-29-21-25(3)37(35(29)33)39(7,8)38-26(4)22-30-16-12-20-34(36(30)38)32-18-10-14-24(2)28(32)6/h9-21,37H,22H2,1-8H3. The summed E-state index contributed by atoms with van der Waals surface area (Å²) >= 11 is 0. The highest BCUT2D eigenvalue weighted by atomic mass is 28.3. The quantitative estimate of drug-likeness (QED) is 0.233. The third-order valence-electron chi connectivity index (χ3n) is 9.71. The van der Waals surface area contributed by atoms with Crippen molar-refractivity contribution in [2.45, 2.75) is 66.6 Å². The van der Waals surface area contributed by atoms with Crippen LogP contribution in [0.25, 0.3) is 33.5 Å². The molecule has 0 saturated heterocycles. The van der Waals surface area contributed by atoms with E-state index < -0.39 is 8.07 Å². The Morgan fingerprint density at radius 2 is 1.15 bits per heavy atom. The van der Waals surface area contributed by atoms with Crippen LogP contribution in [0, 0.1) is 27.7 Å². The lowest BCUT2D eigenvalue weighted by molar-refractivity contribution is 1.08. The lowest BCUT2D eigenvalue weighted by Gasteiger charge is -2.36. The smallest absolute Gasteiger partial charge is 0.0690 e. The monoisotopic (exact) mass is 524 g/mol. The molecule has 0 N–H and O–H groups in total. The van der Waals surface area contributed by atoms with Crippen LogP contribution in [0.4, 0.5) is 0 Å². The van der Waals surface area contributed by atoms with E-state index >= 15 is 0 Å². The van der Waals surface area contributed by atoms with E-state index in [1.807, 2.05) is 0 Å². The average molecular weight is 525 g/mol. The molecule has 0 spiro atoms. The van der Waals surface area contributed by atoms with Crippen molar-refractivity contribution < 1.29 is 0 Å². The Bertz CT molecular complexity index is 1710. The highest BCUT2D eigenvalue weighted by molar-refractivity contribution is 6.96. The Morgan fingerprint density at radius 1 is 0.615 bits per heavy atom. The molecule has 6 rings (SSSR count). The van der Waals surface area contributed by atoms with E-state index in [2.05, 4.69) is 134 Å². The predicted molar refractivity (Wildman–Crippen MR) is 173 cm³/mol. The number of rotatable bonds is 4. The Balaban J connectivity index is 1.56. The molecular formula is C38H40Si. The van der Waals surface area contributed by atoms with Gasteiger partial charge in [-0.3, -0.25) is 0 Å². The van der Waals surface area contributed by atoms with Gasteiger partial charge in [-0.15, -0.1) is 0 Å².